The minimum atomic E-state index is 0.592. The van der Waals surface area contributed by atoms with Crippen LogP contribution in [-0.4, -0.2) is 13.1 Å². The molecule has 0 heterocycles. The van der Waals surface area contributed by atoms with Gasteiger partial charge < -0.3 is 11.1 Å². The molecule has 2 heteroatoms. The lowest BCUT2D eigenvalue weighted by molar-refractivity contribution is 0.548. The van der Waals surface area contributed by atoms with E-state index >= 15 is 0 Å². The molecule has 0 saturated heterocycles. The predicted octanol–water partition coefficient (Wildman–Crippen LogP) is 2.96. The Morgan fingerprint density at radius 2 is 2.12 bits per heavy atom. The summed E-state index contributed by atoms with van der Waals surface area (Å²) in [5.74, 6) is 0.592. The summed E-state index contributed by atoms with van der Waals surface area (Å²) in [6.45, 7) is 3.99. The molecule has 0 bridgehead atoms. The fourth-order valence-electron chi connectivity index (χ4n) is 2.60. The molecule has 1 aromatic rings. The molecule has 0 aromatic heterocycles. The first kappa shape index (κ1) is 12.4. The standard InChI is InChI=1S/C15H24N2/c1-2-12(10-16)11-17-15-9-5-7-13-6-3-4-8-14(13)15/h5,7,9,12,17H,2-4,6,8,10-11,16H2,1H3. The van der Waals surface area contributed by atoms with E-state index in [1.54, 1.807) is 11.1 Å². The van der Waals surface area contributed by atoms with Crippen molar-refractivity contribution >= 4 is 5.69 Å². The molecule has 3 N–H and O–H groups in total. The average molecular weight is 232 g/mol. The minimum absolute atomic E-state index is 0.592. The third-order valence-corrected chi connectivity index (χ3v) is 3.89. The first-order valence-corrected chi connectivity index (χ1v) is 6.89. The summed E-state index contributed by atoms with van der Waals surface area (Å²) in [5, 5.41) is 3.59. The zero-order valence-corrected chi connectivity index (χ0v) is 10.8. The topological polar surface area (TPSA) is 38.0 Å². The van der Waals surface area contributed by atoms with Crippen LogP contribution in [0.3, 0.4) is 0 Å². The summed E-state index contributed by atoms with van der Waals surface area (Å²) >= 11 is 0. The maximum atomic E-state index is 5.75. The largest absolute Gasteiger partial charge is 0.384 e. The average Bonchev–Trinajstić information content (AvgIpc) is 2.40. The van der Waals surface area contributed by atoms with Gasteiger partial charge in [-0.3, -0.25) is 0 Å². The molecule has 17 heavy (non-hydrogen) atoms. The highest BCUT2D eigenvalue weighted by Gasteiger charge is 2.13. The van der Waals surface area contributed by atoms with Crippen molar-refractivity contribution in [1.82, 2.24) is 0 Å². The number of hydrogen-bond donors (Lipinski definition) is 2. The van der Waals surface area contributed by atoms with Crippen LogP contribution in [0.4, 0.5) is 5.69 Å². The maximum Gasteiger partial charge on any atom is 0.0375 e. The molecule has 0 fully saturated rings. The van der Waals surface area contributed by atoms with Crippen molar-refractivity contribution < 1.29 is 0 Å². The Morgan fingerprint density at radius 3 is 2.88 bits per heavy atom. The van der Waals surface area contributed by atoms with Crippen LogP contribution in [0.5, 0.6) is 0 Å². The molecule has 2 rings (SSSR count). The first-order valence-electron chi connectivity index (χ1n) is 6.89. The summed E-state index contributed by atoms with van der Waals surface area (Å²) in [4.78, 5) is 0. The molecule has 0 radical (unpaired) electrons. The van der Waals surface area contributed by atoms with Gasteiger partial charge in [-0.25, -0.2) is 0 Å². The van der Waals surface area contributed by atoms with Crippen LogP contribution in [0.1, 0.15) is 37.3 Å². The number of anilines is 1. The van der Waals surface area contributed by atoms with Gasteiger partial charge in [0.2, 0.25) is 0 Å². The normalized spacial score (nSPS) is 16.4. The molecule has 1 aliphatic rings. The van der Waals surface area contributed by atoms with Crippen molar-refractivity contribution in [2.45, 2.75) is 39.0 Å². The van der Waals surface area contributed by atoms with Crippen molar-refractivity contribution in [2.24, 2.45) is 11.7 Å². The summed E-state index contributed by atoms with van der Waals surface area (Å²) < 4.78 is 0. The van der Waals surface area contributed by atoms with Crippen molar-refractivity contribution in [3.8, 4) is 0 Å². The summed E-state index contributed by atoms with van der Waals surface area (Å²) in [7, 11) is 0. The van der Waals surface area contributed by atoms with Crippen molar-refractivity contribution in [1.29, 1.82) is 0 Å². The fourth-order valence-corrected chi connectivity index (χ4v) is 2.60. The van der Waals surface area contributed by atoms with Gasteiger partial charge in [0, 0.05) is 12.2 Å². The minimum Gasteiger partial charge on any atom is -0.384 e. The molecule has 0 amide bonds. The lowest BCUT2D eigenvalue weighted by atomic mass is 9.90. The lowest BCUT2D eigenvalue weighted by Crippen LogP contribution is -2.22. The summed E-state index contributed by atoms with van der Waals surface area (Å²) in [5.41, 5.74) is 10.2. The van der Waals surface area contributed by atoms with Crippen molar-refractivity contribution in [3.63, 3.8) is 0 Å². The van der Waals surface area contributed by atoms with Gasteiger partial charge in [0.25, 0.3) is 0 Å². The van der Waals surface area contributed by atoms with Crippen molar-refractivity contribution in [2.75, 3.05) is 18.4 Å². The lowest BCUT2D eigenvalue weighted by Gasteiger charge is -2.21. The number of fused-ring (bicyclic) bond motifs is 1. The van der Waals surface area contributed by atoms with Crippen LogP contribution in [0.2, 0.25) is 0 Å². The Kier molecular flexibility index (Phi) is 4.43. The van der Waals surface area contributed by atoms with Crippen LogP contribution < -0.4 is 11.1 Å². The zero-order chi connectivity index (χ0) is 12.1. The van der Waals surface area contributed by atoms with Crippen LogP contribution in [0.25, 0.3) is 0 Å². The Labute approximate surface area is 105 Å². The van der Waals surface area contributed by atoms with Gasteiger partial charge in [0.15, 0.2) is 0 Å². The number of aryl methyl sites for hydroxylation is 1. The van der Waals surface area contributed by atoms with Gasteiger partial charge in [0.1, 0.15) is 0 Å². The van der Waals surface area contributed by atoms with E-state index in [2.05, 4.69) is 30.4 Å². The summed E-state index contributed by atoms with van der Waals surface area (Å²) in [6.07, 6.45) is 6.31. The molecule has 94 valence electrons. The quantitative estimate of drug-likeness (QED) is 0.819. The molecular formula is C15H24N2. The van der Waals surface area contributed by atoms with Crippen LogP contribution in [-0.2, 0) is 12.8 Å². The van der Waals surface area contributed by atoms with E-state index in [0.717, 1.165) is 19.5 Å². The van der Waals surface area contributed by atoms with E-state index < -0.39 is 0 Å². The monoisotopic (exact) mass is 232 g/mol. The summed E-state index contributed by atoms with van der Waals surface area (Å²) in [6, 6.07) is 6.67. The predicted molar refractivity (Wildman–Crippen MR) is 74.4 cm³/mol. The number of rotatable bonds is 5. The Bertz CT molecular complexity index is 356. The molecular weight excluding hydrogens is 208 g/mol. The molecule has 1 aliphatic carbocycles. The number of benzene rings is 1. The van der Waals surface area contributed by atoms with E-state index in [0.29, 0.717) is 5.92 Å². The molecule has 1 atom stereocenters. The Hall–Kier alpha value is -1.02. The van der Waals surface area contributed by atoms with E-state index in [1.165, 1.54) is 31.4 Å². The highest BCUT2D eigenvalue weighted by molar-refractivity contribution is 5.55. The van der Waals surface area contributed by atoms with Crippen LogP contribution in [0.15, 0.2) is 18.2 Å². The third-order valence-electron chi connectivity index (χ3n) is 3.89. The second kappa shape index (κ2) is 6.06. The Balaban J connectivity index is 2.05. The van der Waals surface area contributed by atoms with Crippen molar-refractivity contribution in [3.05, 3.63) is 29.3 Å². The van der Waals surface area contributed by atoms with E-state index in [-0.39, 0.29) is 0 Å². The molecule has 1 aromatic carbocycles. The smallest absolute Gasteiger partial charge is 0.0375 e. The molecule has 0 saturated carbocycles. The first-order chi connectivity index (χ1) is 8.35. The number of nitrogens with one attached hydrogen (secondary N) is 1. The van der Waals surface area contributed by atoms with E-state index in [1.807, 2.05) is 0 Å². The zero-order valence-electron chi connectivity index (χ0n) is 10.8. The van der Waals surface area contributed by atoms with Gasteiger partial charge in [-0.1, -0.05) is 25.5 Å². The number of hydrogen-bond acceptors (Lipinski definition) is 2. The molecule has 1 unspecified atom stereocenters. The third kappa shape index (κ3) is 3.01. The van der Waals surface area contributed by atoms with Crippen LogP contribution in [0, 0.1) is 5.92 Å². The van der Waals surface area contributed by atoms with E-state index in [4.69, 9.17) is 5.73 Å². The molecule has 2 nitrogen and oxygen atoms in total. The van der Waals surface area contributed by atoms with Gasteiger partial charge in [-0.05, 0) is 55.3 Å². The second-order valence-electron chi connectivity index (χ2n) is 5.04. The highest BCUT2D eigenvalue weighted by atomic mass is 14.9. The molecule has 0 spiro atoms. The van der Waals surface area contributed by atoms with Gasteiger partial charge in [-0.2, -0.15) is 0 Å². The van der Waals surface area contributed by atoms with Gasteiger partial charge >= 0.3 is 0 Å². The fraction of sp³-hybridized carbons (Fsp3) is 0.600. The Morgan fingerprint density at radius 1 is 1.29 bits per heavy atom. The maximum absolute atomic E-state index is 5.75. The van der Waals surface area contributed by atoms with E-state index in [9.17, 15) is 0 Å². The second-order valence-corrected chi connectivity index (χ2v) is 5.04. The SMILES string of the molecule is CCC(CN)CNc1cccc2c1CCCC2. The van der Waals surface area contributed by atoms with Gasteiger partial charge in [0.05, 0.1) is 0 Å². The highest BCUT2D eigenvalue weighted by Crippen LogP contribution is 2.27. The van der Waals surface area contributed by atoms with Crippen LogP contribution >= 0.6 is 0 Å². The molecule has 0 aliphatic heterocycles. The van der Waals surface area contributed by atoms with Gasteiger partial charge in [-0.15, -0.1) is 0 Å². The number of nitrogens with two attached hydrogens (primary N) is 1.